The first-order valence-electron chi connectivity index (χ1n) is 11.0. The second-order valence-electron chi connectivity index (χ2n) is 8.90. The van der Waals surface area contributed by atoms with Crippen molar-refractivity contribution in [2.45, 2.75) is 20.0 Å². The molecule has 0 radical (unpaired) electrons. The van der Waals surface area contributed by atoms with Crippen molar-refractivity contribution >= 4 is 34.2 Å². The van der Waals surface area contributed by atoms with Crippen molar-refractivity contribution in [3.05, 3.63) is 101 Å². The maximum absolute atomic E-state index is 14.3. The smallest absolute Gasteiger partial charge is 0.311 e. The van der Waals surface area contributed by atoms with E-state index in [9.17, 15) is 14.4 Å². The summed E-state index contributed by atoms with van der Waals surface area (Å²) < 4.78 is 25.5. The van der Waals surface area contributed by atoms with Crippen molar-refractivity contribution < 1.29 is 18.7 Å². The van der Waals surface area contributed by atoms with Crippen LogP contribution in [0.25, 0.3) is 5.03 Å². The fourth-order valence-electron chi connectivity index (χ4n) is 4.04. The Balaban J connectivity index is 1.49. The monoisotopic (exact) mass is 509 g/mol. The van der Waals surface area contributed by atoms with Gasteiger partial charge in [0.05, 0.1) is 5.92 Å². The van der Waals surface area contributed by atoms with E-state index >= 15 is 0 Å². The highest BCUT2D eigenvalue weighted by molar-refractivity contribution is 6.48. The van der Waals surface area contributed by atoms with E-state index in [2.05, 4.69) is 0 Å². The summed E-state index contributed by atoms with van der Waals surface area (Å²) in [6, 6.07) is 21.7. The molecule has 0 aromatic heterocycles. The van der Waals surface area contributed by atoms with Crippen molar-refractivity contribution in [2.75, 3.05) is 0 Å². The zero-order chi connectivity index (χ0) is 25.2. The fourth-order valence-corrected chi connectivity index (χ4v) is 4.42. The summed E-state index contributed by atoms with van der Waals surface area (Å²) in [5.74, 6) is -1.36. The third-order valence-corrected chi connectivity index (χ3v) is 6.79. The number of nitriles is 1. The lowest BCUT2D eigenvalue weighted by Gasteiger charge is -2.14. The number of rotatable bonds is 7. The summed E-state index contributed by atoms with van der Waals surface area (Å²) in [5.41, 5.74) is 0.713. The van der Waals surface area contributed by atoms with Crippen LogP contribution < -0.4 is 4.74 Å². The number of benzene rings is 3. The minimum Gasteiger partial charge on any atom is -0.454 e. The molecule has 4 nitrogen and oxygen atoms in total. The molecule has 35 heavy (non-hydrogen) atoms. The van der Waals surface area contributed by atoms with Gasteiger partial charge < -0.3 is 9.47 Å². The third-order valence-electron chi connectivity index (χ3n) is 6.19. The average molecular weight is 510 g/mol. The number of hydrogen-bond acceptors (Lipinski definition) is 4. The Labute approximate surface area is 213 Å². The van der Waals surface area contributed by atoms with Gasteiger partial charge in [-0.2, -0.15) is 5.26 Å². The average Bonchev–Trinajstić information content (AvgIpc) is 3.39. The van der Waals surface area contributed by atoms with E-state index in [1.807, 2.05) is 32.1 Å². The van der Waals surface area contributed by atoms with Gasteiger partial charge in [-0.1, -0.05) is 79.5 Å². The highest BCUT2D eigenvalue weighted by atomic mass is 35.5. The molecule has 3 aromatic carbocycles. The summed E-state index contributed by atoms with van der Waals surface area (Å²) in [5, 5.41) is 10.8. The molecular formula is C28H22Cl2FNO3. The first-order valence-corrected chi connectivity index (χ1v) is 11.7. The normalized spacial score (nSPS) is 19.4. The molecular weight excluding hydrogens is 488 g/mol. The largest absolute Gasteiger partial charge is 0.454 e. The molecule has 0 heterocycles. The number of allylic oxidation sites excluding steroid dienone is 1. The van der Waals surface area contributed by atoms with Gasteiger partial charge in [-0.15, -0.1) is 0 Å². The number of nitrogens with zero attached hydrogens (tertiary/aromatic N) is 1. The highest BCUT2D eigenvalue weighted by Crippen LogP contribution is 2.60. The summed E-state index contributed by atoms with van der Waals surface area (Å²) in [6.07, 6.45) is 0.621. The molecule has 1 aliphatic rings. The number of halogens is 3. The Kier molecular flexibility index (Phi) is 7.16. The molecule has 4 rings (SSSR count). The van der Waals surface area contributed by atoms with Crippen LogP contribution in [0.1, 0.15) is 31.1 Å². The number of carbonyl (C=O) groups is 1. The van der Waals surface area contributed by atoms with E-state index in [1.54, 1.807) is 48.5 Å². The van der Waals surface area contributed by atoms with Crippen LogP contribution in [0.3, 0.4) is 0 Å². The minimum absolute atomic E-state index is 0.0627. The van der Waals surface area contributed by atoms with Crippen LogP contribution in [0, 0.1) is 34.4 Å². The molecule has 1 fully saturated rings. The fraction of sp³-hybridized carbons (Fsp3) is 0.214. The minimum atomic E-state index is -1.21. The summed E-state index contributed by atoms with van der Waals surface area (Å²) in [6.45, 7) is 3.88. The van der Waals surface area contributed by atoms with Gasteiger partial charge in [-0.3, -0.25) is 4.79 Å². The predicted octanol–water partition coefficient (Wildman–Crippen LogP) is 7.93. The Morgan fingerprint density at radius 1 is 1.11 bits per heavy atom. The Morgan fingerprint density at radius 3 is 2.46 bits per heavy atom. The number of hydrogen-bond donors (Lipinski definition) is 0. The maximum atomic E-state index is 14.3. The third kappa shape index (κ3) is 5.51. The molecule has 0 amide bonds. The molecule has 0 spiro atoms. The van der Waals surface area contributed by atoms with Gasteiger partial charge in [0.2, 0.25) is 6.10 Å². The lowest BCUT2D eigenvalue weighted by molar-refractivity contribution is -0.149. The zero-order valence-electron chi connectivity index (χ0n) is 19.0. The van der Waals surface area contributed by atoms with Gasteiger partial charge in [0.15, 0.2) is 11.6 Å². The second-order valence-corrected chi connectivity index (χ2v) is 9.74. The van der Waals surface area contributed by atoms with E-state index < -0.39 is 29.2 Å². The number of ether oxygens (including phenoxy) is 2. The number of para-hydroxylation sites is 1. The molecule has 178 valence electrons. The van der Waals surface area contributed by atoms with Gasteiger partial charge in [0, 0.05) is 15.6 Å². The Bertz CT molecular complexity index is 1300. The predicted molar refractivity (Wildman–Crippen MR) is 133 cm³/mol. The standard InChI is InChI=1S/C28H22Cl2FNO3/c1-28(2)21(15-22(30)17-8-11-19(29)12-9-17)26(28)27(33)35-25(16-32)18-10-13-23(31)24(14-18)34-20-6-4-3-5-7-20/h3-15,21,25-26H,1-2H3/b22-15-/t21-,25?,26-/m1/s1. The molecule has 0 saturated heterocycles. The van der Waals surface area contributed by atoms with E-state index in [0.29, 0.717) is 21.4 Å². The summed E-state index contributed by atoms with van der Waals surface area (Å²) in [7, 11) is 0. The highest BCUT2D eigenvalue weighted by Gasteiger charge is 2.62. The van der Waals surface area contributed by atoms with Crippen molar-refractivity contribution in [3.63, 3.8) is 0 Å². The van der Waals surface area contributed by atoms with Gasteiger partial charge in [-0.25, -0.2) is 4.39 Å². The van der Waals surface area contributed by atoms with Crippen molar-refractivity contribution in [1.29, 1.82) is 5.26 Å². The SMILES string of the molecule is CC1(C)[C@H](/C=C(\Cl)c2ccc(Cl)cc2)[C@@H]1C(=O)OC(C#N)c1ccc(F)c(Oc2ccccc2)c1. The van der Waals surface area contributed by atoms with Crippen LogP contribution in [0.2, 0.25) is 5.02 Å². The van der Waals surface area contributed by atoms with Crippen molar-refractivity contribution in [3.8, 4) is 17.6 Å². The van der Waals surface area contributed by atoms with E-state index in [1.165, 1.54) is 18.2 Å². The Morgan fingerprint density at radius 2 is 1.80 bits per heavy atom. The molecule has 1 unspecified atom stereocenters. The summed E-state index contributed by atoms with van der Waals surface area (Å²) in [4.78, 5) is 13.0. The van der Waals surface area contributed by atoms with E-state index in [-0.39, 0.29) is 11.7 Å². The lowest BCUT2D eigenvalue weighted by atomic mass is 10.1. The molecule has 1 saturated carbocycles. The van der Waals surface area contributed by atoms with Crippen LogP contribution in [-0.4, -0.2) is 5.97 Å². The van der Waals surface area contributed by atoms with Gasteiger partial charge in [0.25, 0.3) is 0 Å². The molecule has 7 heteroatoms. The second kappa shape index (κ2) is 10.1. The van der Waals surface area contributed by atoms with Crippen LogP contribution in [0.4, 0.5) is 4.39 Å². The van der Waals surface area contributed by atoms with Crippen molar-refractivity contribution in [1.82, 2.24) is 0 Å². The topological polar surface area (TPSA) is 59.3 Å². The molecule has 0 aliphatic heterocycles. The van der Waals surface area contributed by atoms with Crippen LogP contribution in [0.15, 0.2) is 78.9 Å². The molecule has 0 bridgehead atoms. The van der Waals surface area contributed by atoms with Crippen LogP contribution in [-0.2, 0) is 9.53 Å². The summed E-state index contributed by atoms with van der Waals surface area (Å²) >= 11 is 12.4. The van der Waals surface area contributed by atoms with E-state index in [4.69, 9.17) is 32.7 Å². The number of carbonyl (C=O) groups excluding carboxylic acids is 1. The van der Waals surface area contributed by atoms with E-state index in [0.717, 1.165) is 5.56 Å². The molecule has 1 aliphatic carbocycles. The quantitative estimate of drug-likeness (QED) is 0.303. The molecule has 0 N–H and O–H groups in total. The van der Waals surface area contributed by atoms with Crippen LogP contribution >= 0.6 is 23.2 Å². The first kappa shape index (κ1) is 24.8. The molecule has 3 atom stereocenters. The lowest BCUT2D eigenvalue weighted by Crippen LogP contribution is -2.14. The Hall–Kier alpha value is -3.33. The van der Waals surface area contributed by atoms with Crippen LogP contribution in [0.5, 0.6) is 11.5 Å². The van der Waals surface area contributed by atoms with Crippen molar-refractivity contribution in [2.24, 2.45) is 17.3 Å². The first-order chi connectivity index (χ1) is 16.7. The molecule has 3 aromatic rings. The zero-order valence-corrected chi connectivity index (χ0v) is 20.6. The number of esters is 1. The van der Waals surface area contributed by atoms with Gasteiger partial charge in [-0.05, 0) is 53.3 Å². The van der Waals surface area contributed by atoms with Gasteiger partial charge >= 0.3 is 5.97 Å². The van der Waals surface area contributed by atoms with Gasteiger partial charge in [0.1, 0.15) is 11.8 Å². The maximum Gasteiger partial charge on any atom is 0.311 e.